The summed E-state index contributed by atoms with van der Waals surface area (Å²) in [5.41, 5.74) is 0. The summed E-state index contributed by atoms with van der Waals surface area (Å²) in [6, 6.07) is -3.22. The third kappa shape index (κ3) is 12.0. The van der Waals surface area contributed by atoms with Crippen molar-refractivity contribution in [2.45, 2.75) is 168 Å². The summed E-state index contributed by atoms with van der Waals surface area (Å²) < 4.78 is 45.0. The molecule has 4 fully saturated rings. The summed E-state index contributed by atoms with van der Waals surface area (Å²) in [6.45, 7) is -1.26. The molecule has 0 unspecified atom stereocenters. The molecule has 0 radical (unpaired) electrons. The fourth-order valence-corrected chi connectivity index (χ4v) is 7.26. The third-order valence-electron chi connectivity index (χ3n) is 10.7. The van der Waals surface area contributed by atoms with E-state index >= 15 is 0 Å². The molecule has 4 aliphatic rings. The minimum atomic E-state index is -2.23. The van der Waals surface area contributed by atoms with E-state index in [4.69, 9.17) is 37.9 Å². The lowest BCUT2D eigenvalue weighted by Gasteiger charge is -2.47. The van der Waals surface area contributed by atoms with Gasteiger partial charge in [0, 0.05) is 13.8 Å². The molecule has 0 aromatic carbocycles. The maximum Gasteiger partial charge on any atom is 0.217 e. The third-order valence-corrected chi connectivity index (χ3v) is 10.7. The first-order chi connectivity index (χ1) is 28.7. The van der Waals surface area contributed by atoms with Gasteiger partial charge in [-0.3, -0.25) is 9.59 Å². The Bertz CT molecular complexity index is 1370. The molecular weight excluding hydrogens is 836 g/mol. The molecule has 0 bridgehead atoms. The Morgan fingerprint density at radius 1 is 0.590 bits per heavy atom. The van der Waals surface area contributed by atoms with Crippen LogP contribution in [0.5, 0.6) is 0 Å². The average Bonchev–Trinajstić information content (AvgIpc) is 3.22. The largest absolute Gasteiger partial charge is 0.394 e. The Morgan fingerprint density at radius 2 is 1.10 bits per heavy atom. The number of amides is 2. The minimum absolute atomic E-state index is 0.769. The summed E-state index contributed by atoms with van der Waals surface area (Å²) in [4.78, 5) is 24.4. The Balaban J connectivity index is 1.56. The van der Waals surface area contributed by atoms with Crippen LogP contribution in [-0.4, -0.2) is 269 Å². The first-order valence-corrected chi connectivity index (χ1v) is 19.4. The van der Waals surface area contributed by atoms with Crippen LogP contribution in [0.25, 0.3) is 0 Å². The van der Waals surface area contributed by atoms with Gasteiger partial charge in [-0.15, -0.1) is 0 Å². The van der Waals surface area contributed by atoms with Crippen molar-refractivity contribution in [3.05, 3.63) is 0 Å². The van der Waals surface area contributed by atoms with Gasteiger partial charge in [0.15, 0.2) is 25.2 Å². The van der Waals surface area contributed by atoms with Gasteiger partial charge < -0.3 is 125 Å². The first kappa shape index (κ1) is 51.7. The number of aliphatic hydroxyl groups is 15. The number of aliphatic hydroxyl groups excluding tert-OH is 15. The zero-order chi connectivity index (χ0) is 45.6. The van der Waals surface area contributed by atoms with E-state index in [-0.39, 0.29) is 0 Å². The average molecular weight is 897 g/mol. The summed E-state index contributed by atoms with van der Waals surface area (Å²) in [6.07, 6.45) is -39.8. The van der Waals surface area contributed by atoms with Gasteiger partial charge in [0.2, 0.25) is 11.8 Å². The Kier molecular flexibility index (Phi) is 19.3. The number of carbonyl (C=O) groups is 2. The van der Waals surface area contributed by atoms with E-state index in [9.17, 15) is 86.2 Å². The van der Waals surface area contributed by atoms with Crippen LogP contribution in [0, 0.1) is 0 Å². The molecule has 356 valence electrons. The number of rotatable bonds is 18. The first-order valence-electron chi connectivity index (χ1n) is 19.4. The molecule has 0 saturated carbocycles. The van der Waals surface area contributed by atoms with E-state index in [1.54, 1.807) is 0 Å². The summed E-state index contributed by atoms with van der Waals surface area (Å²) in [7, 11) is 0. The van der Waals surface area contributed by atoms with Gasteiger partial charge in [-0.05, 0) is 6.92 Å². The van der Waals surface area contributed by atoms with Gasteiger partial charge in [-0.25, -0.2) is 0 Å². The predicted molar refractivity (Wildman–Crippen MR) is 191 cm³/mol. The lowest BCUT2D eigenvalue weighted by molar-refractivity contribution is -0.373. The standard InChI is InChI=1S/C34H60N2O25/c1-9-18(44)23(49)26(52)32(55-9)61-30-25(51)21(47)15(6-39)57-34(30)59-28(12(4-37)35-10(2)41)19(45)13(43)8-54-31-17(36-11(3)42)22(48)29(16(7-40)58-31)60-33-27(53)24(50)20(46)14(5-38)56-33/h9,12-34,37-40,43-53H,4-8H2,1-3H3,(H,35,41)(H,36,42)/t9-,12+,13-,14-,15-,16-,17-,18+,19+,20+,21+,22-,23+,24+,25+,26-,27-,28+,29-,30-,31-,32-,33+,34+/m1/s1. The normalized spacial score (nSPS) is 44.1. The van der Waals surface area contributed by atoms with Crippen molar-refractivity contribution in [3.63, 3.8) is 0 Å². The Hall–Kier alpha value is -1.98. The minimum Gasteiger partial charge on any atom is -0.394 e. The van der Waals surface area contributed by atoms with Crippen molar-refractivity contribution >= 4 is 11.8 Å². The molecule has 4 aliphatic heterocycles. The summed E-state index contributed by atoms with van der Waals surface area (Å²) in [5.74, 6) is -1.56. The highest BCUT2D eigenvalue weighted by Gasteiger charge is 2.54. The summed E-state index contributed by atoms with van der Waals surface area (Å²) >= 11 is 0. The van der Waals surface area contributed by atoms with Crippen molar-refractivity contribution in [2.75, 3.05) is 33.0 Å². The monoisotopic (exact) mass is 896 g/mol. The highest BCUT2D eigenvalue weighted by Crippen LogP contribution is 2.33. The van der Waals surface area contributed by atoms with Gasteiger partial charge in [-0.1, -0.05) is 0 Å². The van der Waals surface area contributed by atoms with Crippen molar-refractivity contribution in [1.29, 1.82) is 0 Å². The van der Waals surface area contributed by atoms with Crippen LogP contribution >= 0.6 is 0 Å². The van der Waals surface area contributed by atoms with Crippen LogP contribution in [0.3, 0.4) is 0 Å². The second-order valence-corrected chi connectivity index (χ2v) is 15.2. The van der Waals surface area contributed by atoms with Crippen molar-refractivity contribution in [1.82, 2.24) is 10.6 Å². The van der Waals surface area contributed by atoms with Gasteiger partial charge in [-0.2, -0.15) is 0 Å². The Morgan fingerprint density at radius 3 is 1.64 bits per heavy atom. The fourth-order valence-electron chi connectivity index (χ4n) is 7.26. The van der Waals surface area contributed by atoms with Crippen molar-refractivity contribution < 1.29 is 124 Å². The van der Waals surface area contributed by atoms with E-state index in [1.807, 2.05) is 0 Å². The highest BCUT2D eigenvalue weighted by molar-refractivity contribution is 5.73. The Labute approximate surface area is 347 Å². The molecule has 24 atom stereocenters. The van der Waals surface area contributed by atoms with Gasteiger partial charge >= 0.3 is 0 Å². The van der Waals surface area contributed by atoms with Crippen LogP contribution in [0.15, 0.2) is 0 Å². The quantitative estimate of drug-likeness (QED) is 0.0607. The number of carbonyl (C=O) groups excluding carboxylic acids is 2. The molecule has 4 saturated heterocycles. The second kappa shape index (κ2) is 22.8. The SMILES string of the molecule is CC(=O)N[C@H]1[C@H](OC[C@@H](O)[C@H](O)[C@@H](O[C@@H]2O[C@H](CO)[C@H](O)[C@H](O)[C@H]2O[C@H]2O[C@H](C)[C@H](O)[C@H](O)[C@H]2O)[C@H](CO)NC(C)=O)O[C@H](CO)[C@@H](O[C@@H]2O[C@H](CO)[C@H](O)[C@H](O)[C@H]2O)[C@@H]1O. The molecule has 0 aromatic heterocycles. The van der Waals surface area contributed by atoms with Gasteiger partial charge in [0.25, 0.3) is 0 Å². The van der Waals surface area contributed by atoms with Crippen molar-refractivity contribution in [3.8, 4) is 0 Å². The van der Waals surface area contributed by atoms with Gasteiger partial charge in [0.05, 0.1) is 45.2 Å². The van der Waals surface area contributed by atoms with E-state index in [1.165, 1.54) is 6.92 Å². The molecule has 0 aliphatic carbocycles. The number of hydrogen-bond acceptors (Lipinski definition) is 25. The topological polar surface area (TPSA) is 435 Å². The molecule has 4 heterocycles. The maximum atomic E-state index is 12.2. The predicted octanol–water partition coefficient (Wildman–Crippen LogP) is -11.0. The molecule has 0 spiro atoms. The summed E-state index contributed by atoms with van der Waals surface area (Å²) in [5, 5.41) is 162. The fraction of sp³-hybridized carbons (Fsp3) is 0.941. The second-order valence-electron chi connectivity index (χ2n) is 15.2. The van der Waals surface area contributed by atoms with Crippen LogP contribution in [-0.2, 0) is 47.5 Å². The molecule has 17 N–H and O–H groups in total. The number of hydrogen-bond donors (Lipinski definition) is 17. The number of nitrogens with one attached hydrogen (secondary N) is 2. The van der Waals surface area contributed by atoms with Crippen LogP contribution in [0.2, 0.25) is 0 Å². The highest BCUT2D eigenvalue weighted by atomic mass is 16.8. The van der Waals surface area contributed by atoms with Crippen LogP contribution in [0.1, 0.15) is 20.8 Å². The van der Waals surface area contributed by atoms with E-state index in [2.05, 4.69) is 10.6 Å². The van der Waals surface area contributed by atoms with Crippen LogP contribution < -0.4 is 10.6 Å². The number of ether oxygens (including phenoxy) is 8. The molecular formula is C34H60N2O25. The molecule has 4 rings (SSSR count). The van der Waals surface area contributed by atoms with E-state index < -0.39 is 192 Å². The van der Waals surface area contributed by atoms with E-state index in [0.717, 1.165) is 13.8 Å². The van der Waals surface area contributed by atoms with Crippen molar-refractivity contribution in [2.24, 2.45) is 0 Å². The maximum absolute atomic E-state index is 12.2. The smallest absolute Gasteiger partial charge is 0.217 e. The molecule has 0 aromatic rings. The van der Waals surface area contributed by atoms with Gasteiger partial charge in [0.1, 0.15) is 110 Å². The van der Waals surface area contributed by atoms with E-state index in [0.29, 0.717) is 0 Å². The molecule has 27 heteroatoms. The lowest BCUT2D eigenvalue weighted by atomic mass is 9.95. The zero-order valence-electron chi connectivity index (χ0n) is 33.2. The molecule has 61 heavy (non-hydrogen) atoms. The lowest BCUT2D eigenvalue weighted by Crippen LogP contribution is -2.68. The molecule has 27 nitrogen and oxygen atoms in total. The molecule has 2 amide bonds. The van der Waals surface area contributed by atoms with Crippen LogP contribution in [0.4, 0.5) is 0 Å². The zero-order valence-corrected chi connectivity index (χ0v) is 33.2.